The standard InChI is InChI=1S/C15H12BrN3O5S2/c1-8-12(16)15(24-18-8)19(9-4-2-3-5-10(9)20)14(21)13-11(6-7-25-13)26(17,22)23/h2-7,20H,1H3,(H2,17,22,23). The average molecular weight is 458 g/mol. The van der Waals surface area contributed by atoms with Gasteiger partial charge in [-0.15, -0.1) is 11.3 Å². The van der Waals surface area contributed by atoms with Crippen molar-refractivity contribution in [2.75, 3.05) is 4.90 Å². The maximum absolute atomic E-state index is 13.2. The van der Waals surface area contributed by atoms with Crippen LogP contribution in [0.4, 0.5) is 11.6 Å². The Morgan fingerprint density at radius 1 is 1.35 bits per heavy atom. The van der Waals surface area contributed by atoms with Gasteiger partial charge in [-0.3, -0.25) is 4.79 Å². The molecule has 0 aliphatic carbocycles. The number of nitrogens with zero attached hydrogens (tertiary/aromatic N) is 2. The maximum Gasteiger partial charge on any atom is 0.276 e. The predicted octanol–water partition coefficient (Wildman–Crippen LogP) is 3.14. The molecule has 0 aliphatic rings. The minimum absolute atomic E-state index is 0.00256. The predicted molar refractivity (Wildman–Crippen MR) is 99.2 cm³/mol. The average Bonchev–Trinajstić information content (AvgIpc) is 3.19. The van der Waals surface area contributed by atoms with Crippen molar-refractivity contribution in [2.45, 2.75) is 11.8 Å². The van der Waals surface area contributed by atoms with Crippen LogP contribution in [0.3, 0.4) is 0 Å². The molecule has 1 amide bonds. The topological polar surface area (TPSA) is 127 Å². The lowest BCUT2D eigenvalue weighted by Gasteiger charge is -2.20. The molecule has 3 aromatic rings. The second-order valence-electron chi connectivity index (χ2n) is 5.18. The number of aromatic nitrogens is 1. The fourth-order valence-electron chi connectivity index (χ4n) is 2.23. The van der Waals surface area contributed by atoms with E-state index in [4.69, 9.17) is 9.66 Å². The molecule has 3 N–H and O–H groups in total. The van der Waals surface area contributed by atoms with Gasteiger partial charge >= 0.3 is 0 Å². The van der Waals surface area contributed by atoms with Gasteiger partial charge in [-0.25, -0.2) is 18.5 Å². The van der Waals surface area contributed by atoms with Crippen LogP contribution in [0.1, 0.15) is 15.4 Å². The molecule has 8 nitrogen and oxygen atoms in total. The number of primary sulfonamides is 1. The molecule has 0 spiro atoms. The minimum Gasteiger partial charge on any atom is -0.506 e. The second kappa shape index (κ2) is 6.83. The van der Waals surface area contributed by atoms with Crippen molar-refractivity contribution in [3.05, 3.63) is 50.8 Å². The summed E-state index contributed by atoms with van der Waals surface area (Å²) in [5.41, 5.74) is 0.578. The van der Waals surface area contributed by atoms with Crippen LogP contribution in [0.2, 0.25) is 0 Å². The van der Waals surface area contributed by atoms with E-state index in [0.717, 1.165) is 16.2 Å². The molecule has 136 valence electrons. The van der Waals surface area contributed by atoms with Gasteiger partial charge in [-0.05, 0) is 46.4 Å². The lowest BCUT2D eigenvalue weighted by molar-refractivity contribution is 0.0994. The van der Waals surface area contributed by atoms with Crippen LogP contribution in [0.25, 0.3) is 0 Å². The van der Waals surface area contributed by atoms with E-state index in [-0.39, 0.29) is 27.1 Å². The monoisotopic (exact) mass is 457 g/mol. The van der Waals surface area contributed by atoms with E-state index in [0.29, 0.717) is 10.2 Å². The van der Waals surface area contributed by atoms with Crippen molar-refractivity contribution in [3.63, 3.8) is 0 Å². The van der Waals surface area contributed by atoms with Gasteiger partial charge in [0, 0.05) is 0 Å². The molecule has 2 aromatic heterocycles. The zero-order valence-electron chi connectivity index (χ0n) is 13.2. The number of rotatable bonds is 4. The zero-order chi connectivity index (χ0) is 19.1. The Kier molecular flexibility index (Phi) is 4.88. The Morgan fingerprint density at radius 2 is 2.04 bits per heavy atom. The minimum atomic E-state index is -4.11. The number of carbonyl (C=O) groups excluding carboxylic acids is 1. The fourth-order valence-corrected chi connectivity index (χ4v) is 4.45. The van der Waals surface area contributed by atoms with Gasteiger partial charge in [0.25, 0.3) is 11.8 Å². The number of carbonyl (C=O) groups is 1. The molecule has 0 aliphatic heterocycles. The van der Waals surface area contributed by atoms with E-state index in [1.807, 2.05) is 0 Å². The lowest BCUT2D eigenvalue weighted by Crippen LogP contribution is -2.27. The third-order valence-electron chi connectivity index (χ3n) is 3.43. The van der Waals surface area contributed by atoms with Crippen LogP contribution in [-0.4, -0.2) is 24.6 Å². The summed E-state index contributed by atoms with van der Waals surface area (Å²) < 4.78 is 29.2. The van der Waals surface area contributed by atoms with Crippen LogP contribution in [0.5, 0.6) is 5.75 Å². The smallest absolute Gasteiger partial charge is 0.276 e. The normalized spacial score (nSPS) is 11.5. The number of aryl methyl sites for hydroxylation is 1. The number of nitrogens with two attached hydrogens (primary N) is 1. The number of amides is 1. The number of halogens is 1. The Labute approximate surface area is 161 Å². The van der Waals surface area contributed by atoms with E-state index in [2.05, 4.69) is 21.1 Å². The maximum atomic E-state index is 13.2. The van der Waals surface area contributed by atoms with Gasteiger partial charge in [0.05, 0.1) is 11.4 Å². The van der Waals surface area contributed by atoms with Gasteiger partial charge < -0.3 is 9.63 Å². The van der Waals surface area contributed by atoms with Crippen molar-refractivity contribution in [3.8, 4) is 5.75 Å². The first-order chi connectivity index (χ1) is 12.2. The van der Waals surface area contributed by atoms with Crippen molar-refractivity contribution in [1.82, 2.24) is 5.16 Å². The Morgan fingerprint density at radius 3 is 2.62 bits per heavy atom. The summed E-state index contributed by atoms with van der Waals surface area (Å²) in [6.07, 6.45) is 0. The van der Waals surface area contributed by atoms with Gasteiger partial charge in [0.15, 0.2) is 0 Å². The second-order valence-corrected chi connectivity index (χ2v) is 8.41. The third-order valence-corrected chi connectivity index (χ3v) is 6.33. The van der Waals surface area contributed by atoms with E-state index in [1.54, 1.807) is 19.1 Å². The molecule has 0 atom stereocenters. The van der Waals surface area contributed by atoms with Crippen molar-refractivity contribution < 1.29 is 22.8 Å². The number of aromatic hydroxyl groups is 1. The molecule has 0 saturated carbocycles. The van der Waals surface area contributed by atoms with Gasteiger partial charge in [-0.2, -0.15) is 0 Å². The van der Waals surface area contributed by atoms with E-state index in [9.17, 15) is 18.3 Å². The molecule has 0 fully saturated rings. The van der Waals surface area contributed by atoms with Crippen molar-refractivity contribution >= 4 is 54.8 Å². The largest absolute Gasteiger partial charge is 0.506 e. The Hall–Kier alpha value is -2.21. The molecule has 26 heavy (non-hydrogen) atoms. The molecule has 0 unspecified atom stereocenters. The SMILES string of the molecule is Cc1noc(N(C(=O)c2sccc2S(N)(=O)=O)c2ccccc2O)c1Br. The number of anilines is 2. The number of benzene rings is 1. The number of phenolic OH excluding ortho intramolecular Hbond substituents is 1. The molecule has 2 heterocycles. The molecular weight excluding hydrogens is 446 g/mol. The summed E-state index contributed by atoms with van der Waals surface area (Å²) in [5.74, 6) is -0.930. The van der Waals surface area contributed by atoms with Crippen molar-refractivity contribution in [1.29, 1.82) is 0 Å². The van der Waals surface area contributed by atoms with Crippen LogP contribution in [0, 0.1) is 6.92 Å². The van der Waals surface area contributed by atoms with E-state index >= 15 is 0 Å². The molecule has 0 bridgehead atoms. The van der Waals surface area contributed by atoms with E-state index in [1.165, 1.54) is 23.6 Å². The number of phenols is 1. The number of hydrogen-bond acceptors (Lipinski definition) is 7. The lowest BCUT2D eigenvalue weighted by atomic mass is 10.2. The molecule has 1 aromatic carbocycles. The third kappa shape index (κ3) is 3.26. The fraction of sp³-hybridized carbons (Fsp3) is 0.0667. The summed E-state index contributed by atoms with van der Waals surface area (Å²) in [7, 11) is -4.11. The number of para-hydroxylation sites is 2. The Balaban J connectivity index is 2.23. The molecular formula is C15H12BrN3O5S2. The van der Waals surface area contributed by atoms with Gasteiger partial charge in [-0.1, -0.05) is 17.3 Å². The highest BCUT2D eigenvalue weighted by Crippen LogP contribution is 2.40. The first kappa shape index (κ1) is 18.6. The van der Waals surface area contributed by atoms with Crippen LogP contribution >= 0.6 is 27.3 Å². The summed E-state index contributed by atoms with van der Waals surface area (Å²) >= 11 is 4.20. The Bertz CT molecular complexity index is 1090. The highest BCUT2D eigenvalue weighted by Gasteiger charge is 2.32. The summed E-state index contributed by atoms with van der Waals surface area (Å²) in [6.45, 7) is 1.66. The van der Waals surface area contributed by atoms with Gasteiger partial charge in [0.2, 0.25) is 10.0 Å². The number of thiophene rings is 1. The highest BCUT2D eigenvalue weighted by atomic mass is 79.9. The molecule has 11 heteroatoms. The van der Waals surface area contributed by atoms with Gasteiger partial charge in [0.1, 0.15) is 20.0 Å². The van der Waals surface area contributed by atoms with Crippen LogP contribution in [0.15, 0.2) is 49.6 Å². The summed E-state index contributed by atoms with van der Waals surface area (Å²) in [6, 6.07) is 7.32. The number of hydrogen-bond donors (Lipinski definition) is 2. The van der Waals surface area contributed by atoms with E-state index < -0.39 is 15.9 Å². The van der Waals surface area contributed by atoms with Crippen molar-refractivity contribution in [2.24, 2.45) is 5.14 Å². The molecule has 0 saturated heterocycles. The quantitative estimate of drug-likeness (QED) is 0.619. The van der Waals surface area contributed by atoms with Crippen LogP contribution in [-0.2, 0) is 10.0 Å². The first-order valence-electron chi connectivity index (χ1n) is 7.06. The molecule has 3 rings (SSSR count). The van der Waals surface area contributed by atoms with Crippen LogP contribution < -0.4 is 10.0 Å². The molecule has 0 radical (unpaired) electrons. The summed E-state index contributed by atoms with van der Waals surface area (Å²) in [4.78, 5) is 13.8. The highest BCUT2D eigenvalue weighted by molar-refractivity contribution is 9.10. The number of sulfonamides is 1. The first-order valence-corrected chi connectivity index (χ1v) is 10.3. The summed E-state index contributed by atoms with van der Waals surface area (Å²) in [5, 5.41) is 20.6. The zero-order valence-corrected chi connectivity index (χ0v) is 16.4.